The number of benzene rings is 1. The first-order valence-electron chi connectivity index (χ1n) is 8.14. The van der Waals surface area contributed by atoms with Crippen LogP contribution in [0.5, 0.6) is 0 Å². The summed E-state index contributed by atoms with van der Waals surface area (Å²) < 4.78 is 11.1. The second kappa shape index (κ2) is 6.65. The predicted octanol–water partition coefficient (Wildman–Crippen LogP) is 3.22. The number of carbonyl (C=O) groups excluding carboxylic acids is 1. The van der Waals surface area contributed by atoms with Crippen molar-refractivity contribution < 1.29 is 14.3 Å². The summed E-state index contributed by atoms with van der Waals surface area (Å²) in [5.41, 5.74) is 2.88. The van der Waals surface area contributed by atoms with E-state index < -0.39 is 11.7 Å². The summed E-state index contributed by atoms with van der Waals surface area (Å²) in [6, 6.07) is 6.09. The monoisotopic (exact) mass is 329 g/mol. The molecule has 1 aliphatic heterocycles. The van der Waals surface area contributed by atoms with Crippen molar-refractivity contribution in [3.8, 4) is 11.4 Å². The highest BCUT2D eigenvalue weighted by molar-refractivity contribution is 5.68. The molecule has 0 fully saturated rings. The van der Waals surface area contributed by atoms with Gasteiger partial charge < -0.3 is 19.8 Å². The van der Waals surface area contributed by atoms with Gasteiger partial charge in [-0.25, -0.2) is 9.78 Å². The molecule has 2 aromatic rings. The lowest BCUT2D eigenvalue weighted by atomic mass is 9.92. The molecular formula is C18H23N3O3. The average Bonchev–Trinajstić information content (AvgIpc) is 3.05. The number of nitrogens with one attached hydrogen (secondary N) is 2. The van der Waals surface area contributed by atoms with Crippen LogP contribution in [0.25, 0.3) is 11.4 Å². The number of hydrogen-bond acceptors (Lipinski definition) is 4. The molecule has 6 nitrogen and oxygen atoms in total. The van der Waals surface area contributed by atoms with E-state index in [1.165, 1.54) is 5.56 Å². The predicted molar refractivity (Wildman–Crippen MR) is 90.7 cm³/mol. The maximum absolute atomic E-state index is 11.9. The molecule has 1 aliphatic rings. The number of aromatic amines is 1. The highest BCUT2D eigenvalue weighted by Gasteiger charge is 2.25. The molecule has 1 atom stereocenters. The number of nitrogens with zero attached hydrogens (tertiary/aromatic N) is 1. The number of amides is 1. The fourth-order valence-electron chi connectivity index (χ4n) is 2.87. The molecule has 24 heavy (non-hydrogen) atoms. The fraction of sp³-hybridized carbons (Fsp3) is 0.444. The molecule has 6 heteroatoms. The Balaban J connectivity index is 1.75. The van der Waals surface area contributed by atoms with Crippen LogP contribution < -0.4 is 5.32 Å². The highest BCUT2D eigenvalue weighted by Crippen LogP contribution is 2.33. The molecular weight excluding hydrogens is 306 g/mol. The van der Waals surface area contributed by atoms with Gasteiger partial charge >= 0.3 is 6.09 Å². The van der Waals surface area contributed by atoms with Crippen molar-refractivity contribution in [2.45, 2.75) is 38.9 Å². The Morgan fingerprint density at radius 1 is 1.46 bits per heavy atom. The molecule has 1 aromatic heterocycles. The molecule has 1 amide bonds. The molecule has 2 heterocycles. The van der Waals surface area contributed by atoms with Gasteiger partial charge in [-0.1, -0.05) is 18.2 Å². The summed E-state index contributed by atoms with van der Waals surface area (Å²) in [4.78, 5) is 19.4. The maximum Gasteiger partial charge on any atom is 0.407 e. The summed E-state index contributed by atoms with van der Waals surface area (Å²) >= 11 is 0. The van der Waals surface area contributed by atoms with E-state index in [0.717, 1.165) is 23.4 Å². The van der Waals surface area contributed by atoms with Crippen LogP contribution >= 0.6 is 0 Å². The Labute approximate surface area is 141 Å². The topological polar surface area (TPSA) is 76.2 Å². The summed E-state index contributed by atoms with van der Waals surface area (Å²) in [6.45, 7) is 6.52. The Kier molecular flexibility index (Phi) is 4.57. The first-order chi connectivity index (χ1) is 11.4. The van der Waals surface area contributed by atoms with Gasteiger partial charge in [0.2, 0.25) is 0 Å². The first-order valence-corrected chi connectivity index (χ1v) is 8.14. The molecule has 0 unspecified atom stereocenters. The third-order valence-electron chi connectivity index (χ3n) is 3.81. The fourth-order valence-corrected chi connectivity index (χ4v) is 2.87. The third kappa shape index (κ3) is 3.76. The third-order valence-corrected chi connectivity index (χ3v) is 3.81. The van der Waals surface area contributed by atoms with Gasteiger partial charge in [-0.2, -0.15) is 0 Å². The van der Waals surface area contributed by atoms with E-state index >= 15 is 0 Å². The zero-order valence-electron chi connectivity index (χ0n) is 14.3. The van der Waals surface area contributed by atoms with Crippen LogP contribution in [0.1, 0.15) is 38.0 Å². The smallest absolute Gasteiger partial charge is 0.407 e. The minimum atomic E-state index is -0.512. The molecule has 0 spiro atoms. The molecule has 0 radical (unpaired) electrons. The first kappa shape index (κ1) is 16.5. The van der Waals surface area contributed by atoms with Crippen LogP contribution in [-0.2, 0) is 15.9 Å². The minimum Gasteiger partial charge on any atom is -0.444 e. The number of rotatable bonds is 3. The summed E-state index contributed by atoms with van der Waals surface area (Å²) in [6.07, 6.45) is 3.77. The maximum atomic E-state index is 11.9. The van der Waals surface area contributed by atoms with Crippen LogP contribution in [0.2, 0.25) is 0 Å². The Bertz CT molecular complexity index is 705. The Morgan fingerprint density at radius 3 is 3.00 bits per heavy atom. The van der Waals surface area contributed by atoms with E-state index in [9.17, 15) is 4.79 Å². The average molecular weight is 329 g/mol. The zero-order chi connectivity index (χ0) is 17.2. The number of carbonyl (C=O) groups is 1. The molecule has 1 aromatic carbocycles. The van der Waals surface area contributed by atoms with Gasteiger partial charge in [0.1, 0.15) is 17.5 Å². The van der Waals surface area contributed by atoms with Gasteiger partial charge in [-0.05, 0) is 38.3 Å². The minimum absolute atomic E-state index is 0.184. The van der Waals surface area contributed by atoms with Gasteiger partial charge in [0.05, 0.1) is 13.2 Å². The molecule has 0 saturated heterocycles. The number of fused-ring (bicyclic) bond motifs is 1. The van der Waals surface area contributed by atoms with Crippen molar-refractivity contribution in [1.29, 1.82) is 0 Å². The quantitative estimate of drug-likeness (QED) is 0.906. The second-order valence-electron chi connectivity index (χ2n) is 6.80. The highest BCUT2D eigenvalue weighted by atomic mass is 16.6. The summed E-state index contributed by atoms with van der Waals surface area (Å²) in [7, 11) is 0. The van der Waals surface area contributed by atoms with Crippen LogP contribution in [0.15, 0.2) is 30.6 Å². The number of hydrogen-bond donors (Lipinski definition) is 2. The zero-order valence-corrected chi connectivity index (χ0v) is 14.3. The molecule has 0 aliphatic carbocycles. The number of aromatic nitrogens is 2. The van der Waals surface area contributed by atoms with Crippen molar-refractivity contribution in [2.24, 2.45) is 0 Å². The summed E-state index contributed by atoms with van der Waals surface area (Å²) in [5, 5.41) is 2.79. The van der Waals surface area contributed by atoms with E-state index in [0.29, 0.717) is 13.2 Å². The number of alkyl carbamates (subject to hydrolysis) is 1. The van der Waals surface area contributed by atoms with Crippen molar-refractivity contribution >= 4 is 6.09 Å². The second-order valence-corrected chi connectivity index (χ2v) is 6.80. The van der Waals surface area contributed by atoms with Crippen LogP contribution in [-0.4, -0.2) is 34.8 Å². The van der Waals surface area contributed by atoms with E-state index in [4.69, 9.17) is 9.47 Å². The molecule has 2 N–H and O–H groups in total. The largest absolute Gasteiger partial charge is 0.444 e. The number of ether oxygens (including phenoxy) is 2. The van der Waals surface area contributed by atoms with Gasteiger partial charge in [-0.15, -0.1) is 0 Å². The molecule has 0 saturated carbocycles. The Hall–Kier alpha value is -2.34. The molecule has 3 rings (SSSR count). The van der Waals surface area contributed by atoms with Crippen LogP contribution in [0.4, 0.5) is 4.79 Å². The lowest BCUT2D eigenvalue weighted by Crippen LogP contribution is -2.36. The van der Waals surface area contributed by atoms with Crippen molar-refractivity contribution in [3.05, 3.63) is 41.7 Å². The summed E-state index contributed by atoms with van der Waals surface area (Å²) in [5.74, 6) is 0.854. The molecule has 0 bridgehead atoms. The van der Waals surface area contributed by atoms with Gasteiger partial charge in [0.25, 0.3) is 0 Å². The van der Waals surface area contributed by atoms with Crippen LogP contribution in [0.3, 0.4) is 0 Å². The van der Waals surface area contributed by atoms with Crippen molar-refractivity contribution in [1.82, 2.24) is 15.3 Å². The lowest BCUT2D eigenvalue weighted by molar-refractivity contribution is 0.0289. The number of H-pyrrole nitrogens is 1. The lowest BCUT2D eigenvalue weighted by Gasteiger charge is -2.28. The van der Waals surface area contributed by atoms with Gasteiger partial charge in [-0.3, -0.25) is 0 Å². The van der Waals surface area contributed by atoms with Crippen molar-refractivity contribution in [2.75, 3.05) is 13.2 Å². The molecule has 128 valence electrons. The van der Waals surface area contributed by atoms with Gasteiger partial charge in [0, 0.05) is 18.0 Å². The van der Waals surface area contributed by atoms with Gasteiger partial charge in [0.15, 0.2) is 0 Å². The van der Waals surface area contributed by atoms with E-state index in [1.54, 1.807) is 6.20 Å². The van der Waals surface area contributed by atoms with E-state index in [-0.39, 0.29) is 6.10 Å². The Morgan fingerprint density at radius 2 is 2.29 bits per heavy atom. The van der Waals surface area contributed by atoms with Crippen molar-refractivity contribution in [3.63, 3.8) is 0 Å². The van der Waals surface area contributed by atoms with E-state index in [2.05, 4.69) is 21.4 Å². The SMILES string of the molecule is CC(C)(C)OC(=O)NC[C@@H]1OCCc2c(-c3ncc[nH]3)cccc21. The normalized spacial score (nSPS) is 17.2. The van der Waals surface area contributed by atoms with Crippen LogP contribution in [0, 0.1) is 0 Å². The standard InChI is InChI=1S/C18H23N3O3/c1-18(2,3)24-17(22)21-11-15-13-5-4-6-14(12(13)7-10-23-15)16-19-8-9-20-16/h4-6,8-9,15H,7,10-11H2,1-3H3,(H,19,20)(H,21,22)/t15-/m0/s1. The van der Waals surface area contributed by atoms with E-state index in [1.807, 2.05) is 39.1 Å². The number of imidazole rings is 1.